The molecule has 5 heteroatoms. The molecule has 1 aromatic carbocycles. The number of nitrogens with zero attached hydrogens (tertiary/aromatic N) is 1. The van der Waals surface area contributed by atoms with Crippen molar-refractivity contribution < 1.29 is 9.53 Å². The van der Waals surface area contributed by atoms with Crippen LogP contribution in [0.1, 0.15) is 35.7 Å². The van der Waals surface area contributed by atoms with Crippen molar-refractivity contribution in [1.82, 2.24) is 4.90 Å². The number of piperidine rings is 1. The molecular formula is C16H25ClN2O2. The van der Waals surface area contributed by atoms with Gasteiger partial charge in [0.1, 0.15) is 0 Å². The number of benzene rings is 1. The normalized spacial score (nSPS) is 19.8. The minimum Gasteiger partial charge on any atom is -0.380 e. The molecule has 21 heavy (non-hydrogen) atoms. The van der Waals surface area contributed by atoms with Gasteiger partial charge in [-0.25, -0.2) is 0 Å². The zero-order valence-electron chi connectivity index (χ0n) is 12.7. The first kappa shape index (κ1) is 18.0. The summed E-state index contributed by atoms with van der Waals surface area (Å²) < 4.78 is 5.17. The maximum Gasteiger partial charge on any atom is 0.254 e. The molecule has 2 rings (SSSR count). The third kappa shape index (κ3) is 4.43. The number of hydrogen-bond acceptors (Lipinski definition) is 3. The number of ether oxygens (including phenoxy) is 1. The molecule has 2 N–H and O–H groups in total. The van der Waals surface area contributed by atoms with Crippen molar-refractivity contribution >= 4 is 18.3 Å². The summed E-state index contributed by atoms with van der Waals surface area (Å²) in [6, 6.07) is 7.81. The van der Waals surface area contributed by atoms with E-state index in [1.54, 1.807) is 7.11 Å². The summed E-state index contributed by atoms with van der Waals surface area (Å²) in [6.07, 6.45) is 2.14. The molecule has 1 aromatic rings. The van der Waals surface area contributed by atoms with Crippen LogP contribution in [0.5, 0.6) is 0 Å². The highest BCUT2D eigenvalue weighted by atomic mass is 35.5. The zero-order chi connectivity index (χ0) is 14.5. The topological polar surface area (TPSA) is 55.6 Å². The van der Waals surface area contributed by atoms with Gasteiger partial charge in [-0.3, -0.25) is 4.79 Å². The van der Waals surface area contributed by atoms with Crippen LogP contribution in [0.2, 0.25) is 0 Å². The molecule has 4 nitrogen and oxygen atoms in total. The SMILES string of the molecule is COCc1ccccc1C(=O)N1CCCC(C(C)N)C1.Cl. The highest BCUT2D eigenvalue weighted by Gasteiger charge is 2.27. The van der Waals surface area contributed by atoms with Gasteiger partial charge in [0.15, 0.2) is 0 Å². The lowest BCUT2D eigenvalue weighted by molar-refractivity contribution is 0.0656. The molecule has 1 aliphatic rings. The van der Waals surface area contributed by atoms with Crippen molar-refractivity contribution in [2.24, 2.45) is 11.7 Å². The maximum absolute atomic E-state index is 12.7. The van der Waals surface area contributed by atoms with Crippen LogP contribution < -0.4 is 5.73 Å². The molecule has 0 saturated carbocycles. The van der Waals surface area contributed by atoms with Gasteiger partial charge in [-0.2, -0.15) is 0 Å². The Bertz CT molecular complexity index is 465. The third-order valence-electron chi connectivity index (χ3n) is 4.04. The van der Waals surface area contributed by atoms with Crippen LogP contribution in [0.3, 0.4) is 0 Å². The highest BCUT2D eigenvalue weighted by molar-refractivity contribution is 5.95. The Morgan fingerprint density at radius 3 is 2.86 bits per heavy atom. The van der Waals surface area contributed by atoms with Crippen LogP contribution in [0.15, 0.2) is 24.3 Å². The first-order valence-electron chi connectivity index (χ1n) is 7.25. The smallest absolute Gasteiger partial charge is 0.254 e. The van der Waals surface area contributed by atoms with E-state index in [2.05, 4.69) is 0 Å². The third-order valence-corrected chi connectivity index (χ3v) is 4.04. The summed E-state index contributed by atoms with van der Waals surface area (Å²) in [5.41, 5.74) is 7.68. The summed E-state index contributed by atoms with van der Waals surface area (Å²) >= 11 is 0. The Kier molecular flexibility index (Phi) is 7.15. The van der Waals surface area contributed by atoms with E-state index >= 15 is 0 Å². The second-order valence-electron chi connectivity index (χ2n) is 5.60. The van der Waals surface area contributed by atoms with Crippen LogP contribution in [0, 0.1) is 5.92 Å². The van der Waals surface area contributed by atoms with Gasteiger partial charge < -0.3 is 15.4 Å². The van der Waals surface area contributed by atoms with Gasteiger partial charge in [0, 0.05) is 31.8 Å². The van der Waals surface area contributed by atoms with Gasteiger partial charge in [0.05, 0.1) is 6.61 Å². The van der Waals surface area contributed by atoms with Crippen LogP contribution >= 0.6 is 12.4 Å². The highest BCUT2D eigenvalue weighted by Crippen LogP contribution is 2.22. The number of hydrogen-bond donors (Lipinski definition) is 1. The van der Waals surface area contributed by atoms with Gasteiger partial charge in [-0.1, -0.05) is 18.2 Å². The predicted molar refractivity (Wildman–Crippen MR) is 86.7 cm³/mol. The molecule has 1 heterocycles. The summed E-state index contributed by atoms with van der Waals surface area (Å²) in [7, 11) is 1.65. The number of rotatable bonds is 4. The second kappa shape index (κ2) is 8.37. The minimum absolute atomic E-state index is 0. The van der Waals surface area contributed by atoms with Crippen molar-refractivity contribution in [1.29, 1.82) is 0 Å². The molecule has 1 aliphatic heterocycles. The molecule has 0 aromatic heterocycles. The van der Waals surface area contributed by atoms with Gasteiger partial charge in [0.25, 0.3) is 5.91 Å². The van der Waals surface area contributed by atoms with E-state index in [1.165, 1.54) is 0 Å². The zero-order valence-corrected chi connectivity index (χ0v) is 13.6. The van der Waals surface area contributed by atoms with Gasteiger partial charge >= 0.3 is 0 Å². The number of halogens is 1. The predicted octanol–water partition coefficient (Wildman–Crippen LogP) is 2.45. The largest absolute Gasteiger partial charge is 0.380 e. The van der Waals surface area contributed by atoms with E-state index in [0.717, 1.165) is 37.1 Å². The summed E-state index contributed by atoms with van der Waals surface area (Å²) in [5, 5.41) is 0. The molecule has 0 aliphatic carbocycles. The van der Waals surface area contributed by atoms with Crippen LogP contribution in [0.4, 0.5) is 0 Å². The second-order valence-corrected chi connectivity index (χ2v) is 5.60. The first-order chi connectivity index (χ1) is 9.63. The Balaban J connectivity index is 0.00000220. The van der Waals surface area contributed by atoms with Gasteiger partial charge in [0.2, 0.25) is 0 Å². The number of methoxy groups -OCH3 is 1. The Labute approximate surface area is 133 Å². The molecule has 2 atom stereocenters. The molecule has 1 fully saturated rings. The Morgan fingerprint density at radius 1 is 1.48 bits per heavy atom. The van der Waals surface area contributed by atoms with Crippen molar-refractivity contribution in [2.45, 2.75) is 32.4 Å². The van der Waals surface area contributed by atoms with E-state index in [1.807, 2.05) is 36.1 Å². The molecule has 0 radical (unpaired) electrons. The molecule has 1 saturated heterocycles. The van der Waals surface area contributed by atoms with Crippen molar-refractivity contribution in [3.63, 3.8) is 0 Å². The molecule has 0 spiro atoms. The quantitative estimate of drug-likeness (QED) is 0.929. The van der Waals surface area contributed by atoms with Crippen molar-refractivity contribution in [3.05, 3.63) is 35.4 Å². The van der Waals surface area contributed by atoms with Crippen LogP contribution in [-0.2, 0) is 11.3 Å². The summed E-state index contributed by atoms with van der Waals surface area (Å²) in [4.78, 5) is 14.6. The fourth-order valence-electron chi connectivity index (χ4n) is 2.80. The average molecular weight is 313 g/mol. The lowest BCUT2D eigenvalue weighted by Gasteiger charge is -2.35. The van der Waals surface area contributed by atoms with Crippen LogP contribution in [-0.4, -0.2) is 37.0 Å². The fourth-order valence-corrected chi connectivity index (χ4v) is 2.80. The van der Waals surface area contributed by atoms with Crippen molar-refractivity contribution in [2.75, 3.05) is 20.2 Å². The Morgan fingerprint density at radius 2 is 2.19 bits per heavy atom. The van der Waals surface area contributed by atoms with Crippen LogP contribution in [0.25, 0.3) is 0 Å². The first-order valence-corrected chi connectivity index (χ1v) is 7.25. The minimum atomic E-state index is 0. The van der Waals surface area contributed by atoms with Gasteiger partial charge in [-0.15, -0.1) is 12.4 Å². The lowest BCUT2D eigenvalue weighted by atomic mass is 9.91. The molecule has 0 bridgehead atoms. The average Bonchev–Trinajstić information content (AvgIpc) is 2.47. The Hall–Kier alpha value is -1.10. The molecule has 1 amide bonds. The monoisotopic (exact) mass is 312 g/mol. The molecule has 2 unspecified atom stereocenters. The number of amides is 1. The number of nitrogens with two attached hydrogens (primary N) is 1. The number of carbonyl (C=O) groups is 1. The summed E-state index contributed by atoms with van der Waals surface area (Å²) in [5.74, 6) is 0.505. The standard InChI is InChI=1S/C16H24N2O2.ClH/c1-12(17)13-7-5-9-18(10-13)16(19)15-8-4-3-6-14(15)11-20-2;/h3-4,6,8,12-13H,5,7,9-11,17H2,1-2H3;1H. The summed E-state index contributed by atoms with van der Waals surface area (Å²) in [6.45, 7) is 4.07. The van der Waals surface area contributed by atoms with E-state index in [0.29, 0.717) is 12.5 Å². The maximum atomic E-state index is 12.7. The van der Waals surface area contributed by atoms with E-state index in [9.17, 15) is 4.79 Å². The molecule has 118 valence electrons. The van der Waals surface area contributed by atoms with E-state index in [-0.39, 0.29) is 24.4 Å². The molecular weight excluding hydrogens is 288 g/mol. The van der Waals surface area contributed by atoms with Gasteiger partial charge in [-0.05, 0) is 37.3 Å². The lowest BCUT2D eigenvalue weighted by Crippen LogP contribution is -2.45. The number of carbonyl (C=O) groups excluding carboxylic acids is 1. The van der Waals surface area contributed by atoms with E-state index in [4.69, 9.17) is 10.5 Å². The van der Waals surface area contributed by atoms with E-state index < -0.39 is 0 Å². The number of likely N-dealkylation sites (tertiary alicyclic amines) is 1. The fraction of sp³-hybridized carbons (Fsp3) is 0.562. The van der Waals surface area contributed by atoms with Crippen molar-refractivity contribution in [3.8, 4) is 0 Å².